The number of nitrogens with zero attached hydrogens (tertiary/aromatic N) is 1. The average Bonchev–Trinajstić information content (AvgIpc) is 2.92. The van der Waals surface area contributed by atoms with Gasteiger partial charge in [-0.05, 0) is 79.9 Å². The van der Waals surface area contributed by atoms with Crippen LogP contribution in [0.25, 0.3) is 5.57 Å². The summed E-state index contributed by atoms with van der Waals surface area (Å²) in [4.78, 5) is 14.4. The van der Waals surface area contributed by atoms with Crippen LogP contribution in [0.5, 0.6) is 0 Å². The number of aryl methyl sites for hydroxylation is 2. The van der Waals surface area contributed by atoms with Crippen LogP contribution in [-0.2, 0) is 22.4 Å². The summed E-state index contributed by atoms with van der Waals surface area (Å²) in [7, 11) is 0. The van der Waals surface area contributed by atoms with Crippen LogP contribution in [0, 0.1) is 5.92 Å². The van der Waals surface area contributed by atoms with E-state index in [1.807, 2.05) is 6.92 Å². The molecule has 0 bridgehead atoms. The van der Waals surface area contributed by atoms with Gasteiger partial charge in [-0.25, -0.2) is 0 Å². The number of carbonyl (C=O) groups is 1. The number of hydrogen-bond acceptors (Lipinski definition) is 3. The molecule has 3 heteroatoms. The molecule has 1 saturated heterocycles. The Labute approximate surface area is 174 Å². The van der Waals surface area contributed by atoms with E-state index in [0.29, 0.717) is 6.61 Å². The van der Waals surface area contributed by atoms with Gasteiger partial charge < -0.3 is 9.64 Å². The van der Waals surface area contributed by atoms with E-state index in [-0.39, 0.29) is 11.9 Å². The second-order valence-electron chi connectivity index (χ2n) is 8.09. The molecule has 1 aliphatic heterocycles. The zero-order chi connectivity index (χ0) is 20.1. The Kier molecular flexibility index (Phi) is 6.46. The fourth-order valence-electron chi connectivity index (χ4n) is 4.68. The van der Waals surface area contributed by atoms with E-state index in [1.54, 1.807) is 0 Å². The van der Waals surface area contributed by atoms with Crippen LogP contribution in [0.4, 0.5) is 0 Å². The molecule has 1 aliphatic carbocycles. The van der Waals surface area contributed by atoms with Gasteiger partial charge in [-0.15, -0.1) is 0 Å². The summed E-state index contributed by atoms with van der Waals surface area (Å²) in [6, 6.07) is 17.7. The molecule has 29 heavy (non-hydrogen) atoms. The Hall–Kier alpha value is -2.39. The zero-order valence-electron chi connectivity index (χ0n) is 17.4. The molecule has 0 atom stereocenters. The molecule has 0 N–H and O–H groups in total. The van der Waals surface area contributed by atoms with Crippen molar-refractivity contribution in [1.82, 2.24) is 4.90 Å². The molecule has 2 aliphatic rings. The van der Waals surface area contributed by atoms with Gasteiger partial charge in [0.2, 0.25) is 0 Å². The molecule has 0 aromatic heterocycles. The molecule has 1 fully saturated rings. The minimum Gasteiger partial charge on any atom is -0.466 e. The zero-order valence-corrected chi connectivity index (χ0v) is 17.4. The van der Waals surface area contributed by atoms with Gasteiger partial charge in [0.15, 0.2) is 0 Å². The minimum absolute atomic E-state index is 0.0130. The fourth-order valence-corrected chi connectivity index (χ4v) is 4.68. The van der Waals surface area contributed by atoms with E-state index in [1.165, 1.54) is 27.8 Å². The van der Waals surface area contributed by atoms with Gasteiger partial charge in [-0.3, -0.25) is 4.79 Å². The third kappa shape index (κ3) is 4.62. The number of fused-ring (bicyclic) bond motifs is 2. The third-order valence-electron chi connectivity index (χ3n) is 6.28. The highest BCUT2D eigenvalue weighted by Gasteiger charge is 2.25. The Balaban J connectivity index is 1.44. The van der Waals surface area contributed by atoms with Crippen LogP contribution in [0.3, 0.4) is 0 Å². The van der Waals surface area contributed by atoms with Gasteiger partial charge in [0, 0.05) is 6.54 Å². The molecule has 3 nitrogen and oxygen atoms in total. The van der Waals surface area contributed by atoms with Crippen LogP contribution in [0.1, 0.15) is 48.4 Å². The Morgan fingerprint density at radius 1 is 1.00 bits per heavy atom. The summed E-state index contributed by atoms with van der Waals surface area (Å²) in [5.74, 6) is 0.0751. The molecule has 152 valence electrons. The normalized spacial score (nSPS) is 17.2. The van der Waals surface area contributed by atoms with Gasteiger partial charge in [0.25, 0.3) is 0 Å². The SMILES string of the molecule is CCOC(=O)C1CCN(CCC=C2c3ccccc3CCc3ccccc32)CC1. The van der Waals surface area contributed by atoms with Crippen LogP contribution in [0.15, 0.2) is 54.6 Å². The van der Waals surface area contributed by atoms with E-state index in [4.69, 9.17) is 4.74 Å². The smallest absolute Gasteiger partial charge is 0.309 e. The number of benzene rings is 2. The number of hydrogen-bond donors (Lipinski definition) is 0. The minimum atomic E-state index is -0.0130. The number of piperidine rings is 1. The molecule has 0 saturated carbocycles. The lowest BCUT2D eigenvalue weighted by Crippen LogP contribution is -2.37. The fraction of sp³-hybridized carbons (Fsp3) is 0.423. The first kappa shape index (κ1) is 19.9. The van der Waals surface area contributed by atoms with Gasteiger partial charge >= 0.3 is 5.97 Å². The van der Waals surface area contributed by atoms with Crippen molar-refractivity contribution in [2.24, 2.45) is 5.92 Å². The molecule has 4 rings (SSSR count). The molecule has 2 aromatic rings. The molecule has 1 heterocycles. The van der Waals surface area contributed by atoms with Crippen molar-refractivity contribution in [3.63, 3.8) is 0 Å². The van der Waals surface area contributed by atoms with Crippen LogP contribution < -0.4 is 0 Å². The van der Waals surface area contributed by atoms with E-state index >= 15 is 0 Å². The molecule has 0 amide bonds. The largest absolute Gasteiger partial charge is 0.466 e. The molecule has 0 unspecified atom stereocenters. The third-order valence-corrected chi connectivity index (χ3v) is 6.28. The van der Waals surface area contributed by atoms with Gasteiger partial charge in [0.05, 0.1) is 12.5 Å². The number of likely N-dealkylation sites (tertiary alicyclic amines) is 1. The van der Waals surface area contributed by atoms with Crippen LogP contribution >= 0.6 is 0 Å². The van der Waals surface area contributed by atoms with Crippen LogP contribution in [0.2, 0.25) is 0 Å². The Morgan fingerprint density at radius 3 is 2.17 bits per heavy atom. The monoisotopic (exact) mass is 389 g/mol. The van der Waals surface area contributed by atoms with Crippen molar-refractivity contribution in [1.29, 1.82) is 0 Å². The molecular weight excluding hydrogens is 358 g/mol. The summed E-state index contributed by atoms with van der Waals surface area (Å²) in [6.45, 7) is 5.38. The molecular formula is C26H31NO2. The predicted molar refractivity (Wildman–Crippen MR) is 118 cm³/mol. The predicted octanol–water partition coefficient (Wildman–Crippen LogP) is 4.88. The highest BCUT2D eigenvalue weighted by molar-refractivity contribution is 5.83. The lowest BCUT2D eigenvalue weighted by Gasteiger charge is -2.30. The van der Waals surface area contributed by atoms with E-state index in [2.05, 4.69) is 59.5 Å². The summed E-state index contributed by atoms with van der Waals surface area (Å²) < 4.78 is 5.19. The standard InChI is InChI=1S/C26H31NO2/c1-2-29-26(28)22-15-18-27(19-16-22)17-7-12-25-23-10-5-3-8-20(23)13-14-21-9-4-6-11-24(21)25/h3-6,8-12,22H,2,7,13-19H2,1H3. The maximum atomic E-state index is 11.9. The van der Waals surface area contributed by atoms with E-state index in [0.717, 1.165) is 51.7 Å². The number of ether oxygens (including phenoxy) is 1. The Morgan fingerprint density at radius 2 is 1.59 bits per heavy atom. The molecule has 0 spiro atoms. The quantitative estimate of drug-likeness (QED) is 0.683. The van der Waals surface area contributed by atoms with Gasteiger partial charge in [-0.2, -0.15) is 0 Å². The topological polar surface area (TPSA) is 29.5 Å². The summed E-state index contributed by atoms with van der Waals surface area (Å²) >= 11 is 0. The number of carbonyl (C=O) groups excluding carboxylic acids is 1. The maximum absolute atomic E-state index is 11.9. The van der Waals surface area contributed by atoms with Crippen molar-refractivity contribution in [2.45, 2.75) is 39.0 Å². The first-order chi connectivity index (χ1) is 14.3. The molecule has 2 aromatic carbocycles. The second kappa shape index (κ2) is 9.41. The van der Waals surface area contributed by atoms with Gasteiger partial charge in [-0.1, -0.05) is 54.6 Å². The van der Waals surface area contributed by atoms with Crippen LogP contribution in [-0.4, -0.2) is 37.1 Å². The average molecular weight is 390 g/mol. The number of rotatable bonds is 5. The highest BCUT2D eigenvalue weighted by atomic mass is 16.5. The van der Waals surface area contributed by atoms with Crippen molar-refractivity contribution in [3.8, 4) is 0 Å². The summed E-state index contributed by atoms with van der Waals surface area (Å²) in [5, 5.41) is 0. The van der Waals surface area contributed by atoms with Crippen molar-refractivity contribution < 1.29 is 9.53 Å². The van der Waals surface area contributed by atoms with Crippen molar-refractivity contribution in [2.75, 3.05) is 26.2 Å². The number of esters is 1. The Bertz CT molecular complexity index is 828. The molecule has 0 radical (unpaired) electrons. The first-order valence-corrected chi connectivity index (χ1v) is 11.0. The maximum Gasteiger partial charge on any atom is 0.309 e. The lowest BCUT2D eigenvalue weighted by molar-refractivity contribution is -0.149. The van der Waals surface area contributed by atoms with Gasteiger partial charge in [0.1, 0.15) is 0 Å². The van der Waals surface area contributed by atoms with Crippen molar-refractivity contribution in [3.05, 3.63) is 76.9 Å². The summed E-state index contributed by atoms with van der Waals surface area (Å²) in [5.41, 5.74) is 7.06. The summed E-state index contributed by atoms with van der Waals surface area (Å²) in [6.07, 6.45) is 7.50. The van der Waals surface area contributed by atoms with E-state index < -0.39 is 0 Å². The first-order valence-electron chi connectivity index (χ1n) is 11.0. The lowest BCUT2D eigenvalue weighted by atomic mass is 9.93. The van der Waals surface area contributed by atoms with E-state index in [9.17, 15) is 4.79 Å². The second-order valence-corrected chi connectivity index (χ2v) is 8.09. The van der Waals surface area contributed by atoms with Crippen molar-refractivity contribution >= 4 is 11.5 Å². The highest BCUT2D eigenvalue weighted by Crippen LogP contribution is 2.33.